The largest absolute Gasteiger partial charge is 0.462 e. The molecule has 0 spiro atoms. The number of nitrogens with one attached hydrogen (secondary N) is 1. The van der Waals surface area contributed by atoms with Crippen LogP contribution in [0, 0.1) is 5.92 Å². The maximum atomic E-state index is 12.5. The molecule has 1 aromatic carbocycles. The van der Waals surface area contributed by atoms with E-state index in [9.17, 15) is 14.4 Å². The lowest BCUT2D eigenvalue weighted by molar-refractivity contribution is -0.119. The molecule has 0 saturated heterocycles. The third-order valence-corrected chi connectivity index (χ3v) is 6.33. The summed E-state index contributed by atoms with van der Waals surface area (Å²) < 4.78 is 15.5. The highest BCUT2D eigenvalue weighted by molar-refractivity contribution is 7.17. The lowest BCUT2D eigenvalue weighted by atomic mass is 9.88. The normalized spacial score (nSPS) is 15.4. The minimum Gasteiger partial charge on any atom is -0.462 e. The summed E-state index contributed by atoms with van der Waals surface area (Å²) in [5, 5.41) is 3.17. The molecular weight excluding hydrogens is 420 g/mol. The van der Waals surface area contributed by atoms with E-state index >= 15 is 0 Å². The van der Waals surface area contributed by atoms with Crippen LogP contribution in [0.25, 0.3) is 11.1 Å². The smallest absolute Gasteiger partial charge is 0.341 e. The molecule has 1 aliphatic carbocycles. The van der Waals surface area contributed by atoms with Gasteiger partial charge in [-0.15, -0.1) is 11.3 Å². The summed E-state index contributed by atoms with van der Waals surface area (Å²) >= 11 is 1.39. The van der Waals surface area contributed by atoms with Crippen molar-refractivity contribution in [1.82, 2.24) is 4.98 Å². The molecule has 1 amide bonds. The predicted molar refractivity (Wildman–Crippen MR) is 114 cm³/mol. The van der Waals surface area contributed by atoms with Gasteiger partial charge >= 0.3 is 11.9 Å². The molecule has 2 heterocycles. The quantitative estimate of drug-likeness (QED) is 0.575. The van der Waals surface area contributed by atoms with Crippen molar-refractivity contribution in [2.24, 2.45) is 5.92 Å². The number of anilines is 1. The SMILES string of the molecule is CCOC(=O)c1c(NC(=O)COC(=O)c2cccc3ocnc23)sc2c1CCC(C)C2. The third-order valence-electron chi connectivity index (χ3n) is 5.16. The Morgan fingerprint density at radius 2 is 2.10 bits per heavy atom. The Hall–Kier alpha value is -3.20. The van der Waals surface area contributed by atoms with E-state index in [1.165, 1.54) is 17.7 Å². The van der Waals surface area contributed by atoms with Gasteiger partial charge in [-0.2, -0.15) is 0 Å². The molecule has 8 nitrogen and oxygen atoms in total. The molecular formula is C22H22N2O6S. The average molecular weight is 442 g/mol. The van der Waals surface area contributed by atoms with E-state index in [0.717, 1.165) is 29.7 Å². The summed E-state index contributed by atoms with van der Waals surface area (Å²) in [6.07, 6.45) is 3.85. The highest BCUT2D eigenvalue weighted by Gasteiger charge is 2.29. The second-order valence-electron chi connectivity index (χ2n) is 7.41. The first-order valence-corrected chi connectivity index (χ1v) is 10.9. The lowest BCUT2D eigenvalue weighted by Crippen LogP contribution is -2.22. The zero-order valence-electron chi connectivity index (χ0n) is 17.2. The van der Waals surface area contributed by atoms with Gasteiger partial charge in [0.25, 0.3) is 5.91 Å². The van der Waals surface area contributed by atoms with Gasteiger partial charge in [0, 0.05) is 4.88 Å². The van der Waals surface area contributed by atoms with Gasteiger partial charge in [0.1, 0.15) is 10.5 Å². The number of hydrogen-bond donors (Lipinski definition) is 1. The number of amides is 1. The first-order valence-electron chi connectivity index (χ1n) is 10.1. The number of esters is 2. The molecule has 0 fully saturated rings. The van der Waals surface area contributed by atoms with Crippen LogP contribution in [0.3, 0.4) is 0 Å². The van der Waals surface area contributed by atoms with Gasteiger partial charge in [0.05, 0.1) is 17.7 Å². The molecule has 0 radical (unpaired) electrons. The van der Waals surface area contributed by atoms with Crippen LogP contribution in [-0.2, 0) is 27.1 Å². The first kappa shape index (κ1) is 21.0. The van der Waals surface area contributed by atoms with E-state index in [4.69, 9.17) is 13.9 Å². The van der Waals surface area contributed by atoms with Crippen LogP contribution in [-0.4, -0.2) is 36.0 Å². The number of para-hydroxylation sites is 1. The number of fused-ring (bicyclic) bond motifs is 2. The maximum absolute atomic E-state index is 12.5. The number of nitrogens with zero attached hydrogens (tertiary/aromatic N) is 1. The van der Waals surface area contributed by atoms with Gasteiger partial charge in [0.2, 0.25) is 0 Å². The number of rotatable bonds is 6. The second-order valence-corrected chi connectivity index (χ2v) is 8.51. The van der Waals surface area contributed by atoms with E-state index in [1.54, 1.807) is 25.1 Å². The van der Waals surface area contributed by atoms with Crippen LogP contribution >= 0.6 is 11.3 Å². The molecule has 0 saturated carbocycles. The number of hydrogen-bond acceptors (Lipinski definition) is 8. The fraction of sp³-hybridized carbons (Fsp3) is 0.364. The molecule has 1 unspecified atom stereocenters. The molecule has 31 heavy (non-hydrogen) atoms. The fourth-order valence-corrected chi connectivity index (χ4v) is 5.10. The summed E-state index contributed by atoms with van der Waals surface area (Å²) in [7, 11) is 0. The van der Waals surface area contributed by atoms with Gasteiger partial charge in [-0.3, -0.25) is 4.79 Å². The van der Waals surface area contributed by atoms with E-state index in [0.29, 0.717) is 27.6 Å². The first-order chi connectivity index (χ1) is 15.0. The molecule has 9 heteroatoms. The van der Waals surface area contributed by atoms with Crippen molar-refractivity contribution in [3.8, 4) is 0 Å². The van der Waals surface area contributed by atoms with Crippen molar-refractivity contribution in [2.75, 3.05) is 18.5 Å². The van der Waals surface area contributed by atoms with Gasteiger partial charge in [-0.05, 0) is 49.8 Å². The summed E-state index contributed by atoms with van der Waals surface area (Å²) in [6, 6.07) is 4.88. The van der Waals surface area contributed by atoms with Crippen molar-refractivity contribution in [2.45, 2.75) is 33.1 Å². The zero-order chi connectivity index (χ0) is 22.0. The number of oxazole rings is 1. The Labute approximate surface area is 182 Å². The van der Waals surface area contributed by atoms with Gasteiger partial charge in [-0.1, -0.05) is 13.0 Å². The molecule has 3 aromatic rings. The molecule has 2 aromatic heterocycles. The van der Waals surface area contributed by atoms with E-state index in [-0.39, 0.29) is 12.2 Å². The fourth-order valence-electron chi connectivity index (χ4n) is 3.68. The highest BCUT2D eigenvalue weighted by Crippen LogP contribution is 2.40. The lowest BCUT2D eigenvalue weighted by Gasteiger charge is -2.18. The number of carbonyl (C=O) groups is 3. The number of benzene rings is 1. The molecule has 0 bridgehead atoms. The third kappa shape index (κ3) is 4.32. The Morgan fingerprint density at radius 3 is 2.90 bits per heavy atom. The van der Waals surface area contributed by atoms with Crippen molar-refractivity contribution in [3.05, 3.63) is 46.2 Å². The predicted octanol–water partition coefficient (Wildman–Crippen LogP) is 3.99. The van der Waals surface area contributed by atoms with Crippen LogP contribution in [0.4, 0.5) is 5.00 Å². The van der Waals surface area contributed by atoms with Crippen LogP contribution in [0.5, 0.6) is 0 Å². The van der Waals surface area contributed by atoms with Crippen molar-refractivity contribution in [1.29, 1.82) is 0 Å². The topological polar surface area (TPSA) is 108 Å². The summed E-state index contributed by atoms with van der Waals surface area (Å²) in [5.74, 6) is -1.14. The van der Waals surface area contributed by atoms with Crippen LogP contribution in [0.1, 0.15) is 51.4 Å². The molecule has 1 atom stereocenters. The monoisotopic (exact) mass is 442 g/mol. The van der Waals surface area contributed by atoms with E-state index < -0.39 is 24.5 Å². The Bertz CT molecular complexity index is 1150. The number of ether oxygens (including phenoxy) is 2. The molecule has 0 aliphatic heterocycles. The minimum atomic E-state index is -0.681. The molecule has 1 N–H and O–H groups in total. The Morgan fingerprint density at radius 1 is 1.26 bits per heavy atom. The standard InChI is InChI=1S/C22H22N2O6S/c1-3-28-22(27)18-13-8-7-12(2)9-16(13)31-20(18)24-17(25)10-29-21(26)14-5-4-6-15-19(14)23-11-30-15/h4-6,11-12H,3,7-10H2,1-2H3,(H,24,25). The van der Waals surface area contributed by atoms with Crippen molar-refractivity contribution < 1.29 is 28.3 Å². The van der Waals surface area contributed by atoms with Crippen LogP contribution < -0.4 is 5.32 Å². The second kappa shape index (κ2) is 8.89. The van der Waals surface area contributed by atoms with E-state index in [2.05, 4.69) is 17.2 Å². The van der Waals surface area contributed by atoms with Gasteiger partial charge in [0.15, 0.2) is 18.6 Å². The Kier molecular flexibility index (Phi) is 6.03. The summed E-state index contributed by atoms with van der Waals surface area (Å²) in [6.45, 7) is 3.67. The molecule has 162 valence electrons. The minimum absolute atomic E-state index is 0.215. The van der Waals surface area contributed by atoms with Crippen LogP contribution in [0.2, 0.25) is 0 Å². The summed E-state index contributed by atoms with van der Waals surface area (Å²) in [4.78, 5) is 42.6. The van der Waals surface area contributed by atoms with Crippen LogP contribution in [0.15, 0.2) is 29.0 Å². The Balaban J connectivity index is 1.47. The van der Waals surface area contributed by atoms with Crippen molar-refractivity contribution >= 4 is 45.3 Å². The van der Waals surface area contributed by atoms with Gasteiger partial charge < -0.3 is 19.2 Å². The van der Waals surface area contributed by atoms with Crippen molar-refractivity contribution in [3.63, 3.8) is 0 Å². The zero-order valence-corrected chi connectivity index (χ0v) is 18.0. The average Bonchev–Trinajstić information content (AvgIpc) is 3.35. The van der Waals surface area contributed by atoms with E-state index in [1.807, 2.05) is 0 Å². The highest BCUT2D eigenvalue weighted by atomic mass is 32.1. The van der Waals surface area contributed by atoms with Gasteiger partial charge in [-0.25, -0.2) is 14.6 Å². The number of thiophene rings is 1. The molecule has 1 aliphatic rings. The number of carbonyl (C=O) groups excluding carboxylic acids is 3. The maximum Gasteiger partial charge on any atom is 0.341 e. The summed E-state index contributed by atoms with van der Waals surface area (Å²) in [5.41, 5.74) is 2.41. The molecule has 4 rings (SSSR count). The number of aromatic nitrogens is 1.